The number of hydrogen-bond acceptors (Lipinski definition) is 2. The molecule has 4 heterocycles. The molecule has 1 aliphatic carbocycles. The zero-order valence-corrected chi connectivity index (χ0v) is 11.4. The third-order valence-electron chi connectivity index (χ3n) is 4.88. The maximum absolute atomic E-state index is 2.73. The highest BCUT2D eigenvalue weighted by Gasteiger charge is 2.48. The molecule has 0 aromatic carbocycles. The van der Waals surface area contributed by atoms with Crippen LogP contribution in [-0.2, 0) is 0 Å². The van der Waals surface area contributed by atoms with E-state index >= 15 is 0 Å². The summed E-state index contributed by atoms with van der Waals surface area (Å²) in [5.41, 5.74) is 0. The van der Waals surface area contributed by atoms with E-state index in [-0.39, 0.29) is 12.4 Å². The van der Waals surface area contributed by atoms with Gasteiger partial charge in [-0.2, -0.15) is 0 Å². The fourth-order valence-electron chi connectivity index (χ4n) is 4.49. The number of hydrogen-bond donors (Lipinski definition) is 0. The van der Waals surface area contributed by atoms with Gasteiger partial charge in [0.05, 0.1) is 6.17 Å². The number of nitrogens with zero attached hydrogens (tertiary/aromatic N) is 2. The Labute approximate surface area is 115 Å². The molecule has 18 heavy (non-hydrogen) atoms. The molecule has 0 amide bonds. The molecule has 3 saturated heterocycles. The molecule has 4 fully saturated rings. The highest BCUT2D eigenvalue weighted by Crippen LogP contribution is 2.47. The van der Waals surface area contributed by atoms with Crippen LogP contribution in [0.1, 0.15) is 19.3 Å². The van der Waals surface area contributed by atoms with Gasteiger partial charge in [-0.1, -0.05) is 12.2 Å². The van der Waals surface area contributed by atoms with Crippen molar-refractivity contribution < 1.29 is 0 Å². The summed E-state index contributed by atoms with van der Waals surface area (Å²) in [5.74, 6) is 2.90. The van der Waals surface area contributed by atoms with Crippen molar-refractivity contribution in [2.75, 3.05) is 13.1 Å². The number of allylic oxidation sites excluding steroid dienone is 4. The molecule has 4 bridgehead atoms. The first kappa shape index (κ1) is 12.3. The second-order valence-corrected chi connectivity index (χ2v) is 6.08. The minimum atomic E-state index is 0. The highest BCUT2D eigenvalue weighted by atomic mass is 35.5. The third-order valence-corrected chi connectivity index (χ3v) is 4.88. The standard InChI is InChI=1S/C15H20N2.ClH/c1-2-4-6-16(5-3-1)15-14-8-12-7-13(9-14)11-17(15)10-12;/h1-6,12-15H,7-11H2;1H. The zero-order chi connectivity index (χ0) is 11.2. The topological polar surface area (TPSA) is 6.48 Å². The van der Waals surface area contributed by atoms with Crippen LogP contribution in [0.15, 0.2) is 36.7 Å². The van der Waals surface area contributed by atoms with Gasteiger partial charge in [0.25, 0.3) is 0 Å². The Morgan fingerprint density at radius 2 is 1.39 bits per heavy atom. The Hall–Kier alpha value is -0.730. The van der Waals surface area contributed by atoms with Gasteiger partial charge in [-0.15, -0.1) is 12.4 Å². The summed E-state index contributed by atoms with van der Waals surface area (Å²) in [6, 6.07) is 0. The Morgan fingerprint density at radius 1 is 0.778 bits per heavy atom. The largest absolute Gasteiger partial charge is 0.338 e. The fraction of sp³-hybridized carbons (Fsp3) is 0.600. The summed E-state index contributed by atoms with van der Waals surface area (Å²) in [6.07, 6.45) is 18.1. The first-order valence-electron chi connectivity index (χ1n) is 6.93. The summed E-state index contributed by atoms with van der Waals surface area (Å²) < 4.78 is 0. The monoisotopic (exact) mass is 264 g/mol. The summed E-state index contributed by atoms with van der Waals surface area (Å²) in [7, 11) is 0. The average Bonchev–Trinajstić information content (AvgIpc) is 2.56. The minimum Gasteiger partial charge on any atom is -0.338 e. The van der Waals surface area contributed by atoms with E-state index < -0.39 is 0 Å². The van der Waals surface area contributed by atoms with Crippen LogP contribution >= 0.6 is 12.4 Å². The van der Waals surface area contributed by atoms with E-state index in [1.807, 2.05) is 0 Å². The van der Waals surface area contributed by atoms with E-state index in [1.54, 1.807) is 0 Å². The molecular formula is C15H21ClN2. The van der Waals surface area contributed by atoms with Gasteiger partial charge < -0.3 is 4.90 Å². The van der Waals surface area contributed by atoms with Crippen molar-refractivity contribution in [3.8, 4) is 0 Å². The highest BCUT2D eigenvalue weighted by molar-refractivity contribution is 5.85. The molecule has 4 aliphatic heterocycles. The first-order chi connectivity index (χ1) is 8.40. The van der Waals surface area contributed by atoms with E-state index in [9.17, 15) is 0 Å². The van der Waals surface area contributed by atoms with Gasteiger partial charge in [0.2, 0.25) is 0 Å². The van der Waals surface area contributed by atoms with Gasteiger partial charge in [0.1, 0.15) is 0 Å². The van der Waals surface area contributed by atoms with Crippen LogP contribution in [0.4, 0.5) is 0 Å². The predicted molar refractivity (Wildman–Crippen MR) is 76.2 cm³/mol. The van der Waals surface area contributed by atoms with E-state index in [2.05, 4.69) is 46.5 Å². The van der Waals surface area contributed by atoms with Gasteiger partial charge >= 0.3 is 0 Å². The smallest absolute Gasteiger partial charge is 0.0887 e. The van der Waals surface area contributed by atoms with Crippen LogP contribution in [0.2, 0.25) is 0 Å². The van der Waals surface area contributed by atoms with E-state index in [0.717, 1.165) is 17.8 Å². The van der Waals surface area contributed by atoms with Crippen molar-refractivity contribution in [2.24, 2.45) is 17.8 Å². The zero-order valence-electron chi connectivity index (χ0n) is 10.6. The second-order valence-electron chi connectivity index (χ2n) is 6.08. The van der Waals surface area contributed by atoms with E-state index in [0.29, 0.717) is 6.17 Å². The third kappa shape index (κ3) is 1.92. The Kier molecular flexibility index (Phi) is 3.25. The lowest BCUT2D eigenvalue weighted by molar-refractivity contribution is -0.103. The summed E-state index contributed by atoms with van der Waals surface area (Å²) in [5, 5.41) is 0. The Bertz CT molecular complexity index is 355. The number of piperidine rings is 3. The van der Waals surface area contributed by atoms with E-state index in [4.69, 9.17) is 0 Å². The van der Waals surface area contributed by atoms with Crippen LogP contribution in [0.3, 0.4) is 0 Å². The van der Waals surface area contributed by atoms with Gasteiger partial charge in [-0.3, -0.25) is 4.90 Å². The quantitative estimate of drug-likeness (QED) is 0.718. The fourth-order valence-corrected chi connectivity index (χ4v) is 4.49. The molecule has 5 rings (SSSR count). The molecule has 0 spiro atoms. The maximum atomic E-state index is 2.73. The van der Waals surface area contributed by atoms with Crippen LogP contribution in [0.25, 0.3) is 0 Å². The SMILES string of the molecule is C1=CC=CN(C2C3CC4CC(C3)CN2C4)C=C1.Cl. The molecule has 3 unspecified atom stereocenters. The summed E-state index contributed by atoms with van der Waals surface area (Å²) in [6.45, 7) is 2.67. The molecule has 0 aromatic heterocycles. The summed E-state index contributed by atoms with van der Waals surface area (Å²) >= 11 is 0. The van der Waals surface area contributed by atoms with Crippen molar-refractivity contribution in [1.82, 2.24) is 9.80 Å². The van der Waals surface area contributed by atoms with Crippen molar-refractivity contribution in [3.63, 3.8) is 0 Å². The molecule has 98 valence electrons. The Morgan fingerprint density at radius 3 is 1.94 bits per heavy atom. The second kappa shape index (κ2) is 4.75. The van der Waals surface area contributed by atoms with Crippen LogP contribution in [0, 0.1) is 17.8 Å². The van der Waals surface area contributed by atoms with Gasteiger partial charge in [-0.05, 0) is 49.2 Å². The van der Waals surface area contributed by atoms with Crippen LogP contribution in [0.5, 0.6) is 0 Å². The minimum absolute atomic E-state index is 0. The molecule has 0 aromatic rings. The van der Waals surface area contributed by atoms with E-state index in [1.165, 1.54) is 32.4 Å². The lowest BCUT2D eigenvalue weighted by Crippen LogP contribution is -2.63. The molecule has 0 radical (unpaired) electrons. The molecule has 1 saturated carbocycles. The molecule has 0 N–H and O–H groups in total. The van der Waals surface area contributed by atoms with Crippen molar-refractivity contribution in [3.05, 3.63) is 36.7 Å². The van der Waals surface area contributed by atoms with Gasteiger partial charge in [0, 0.05) is 25.5 Å². The molecule has 2 nitrogen and oxygen atoms in total. The average molecular weight is 265 g/mol. The molecule has 3 atom stereocenters. The Balaban J connectivity index is 0.000001000. The first-order valence-corrected chi connectivity index (χ1v) is 6.93. The van der Waals surface area contributed by atoms with Crippen LogP contribution in [-0.4, -0.2) is 29.1 Å². The van der Waals surface area contributed by atoms with Gasteiger partial charge in [0.15, 0.2) is 0 Å². The molecule has 3 heteroatoms. The molecule has 5 aliphatic rings. The maximum Gasteiger partial charge on any atom is 0.0887 e. The van der Waals surface area contributed by atoms with Crippen molar-refractivity contribution in [1.29, 1.82) is 0 Å². The number of rotatable bonds is 1. The normalized spacial score (nSPS) is 44.0. The predicted octanol–water partition coefficient (Wildman–Crippen LogP) is 3.00. The van der Waals surface area contributed by atoms with Crippen LogP contribution < -0.4 is 0 Å². The van der Waals surface area contributed by atoms with Crippen molar-refractivity contribution >= 4 is 12.4 Å². The lowest BCUT2D eigenvalue weighted by atomic mass is 9.66. The van der Waals surface area contributed by atoms with Crippen molar-refractivity contribution in [2.45, 2.75) is 25.4 Å². The molecular weight excluding hydrogens is 244 g/mol. The number of halogens is 1. The summed E-state index contributed by atoms with van der Waals surface area (Å²) in [4.78, 5) is 5.17. The van der Waals surface area contributed by atoms with Gasteiger partial charge in [-0.25, -0.2) is 0 Å². The lowest BCUT2D eigenvalue weighted by Gasteiger charge is -2.58.